The molecule has 0 saturated carbocycles. The predicted octanol–water partition coefficient (Wildman–Crippen LogP) is 2.56. The Labute approximate surface area is 112 Å². The predicted molar refractivity (Wildman–Crippen MR) is 74.4 cm³/mol. The van der Waals surface area contributed by atoms with Crippen LogP contribution in [0.1, 0.15) is 21.6 Å². The zero-order valence-electron chi connectivity index (χ0n) is 11.0. The molecule has 1 heterocycles. The van der Waals surface area contributed by atoms with E-state index in [1.54, 1.807) is 22.9 Å². The van der Waals surface area contributed by atoms with Gasteiger partial charge in [-0.1, -0.05) is 17.7 Å². The van der Waals surface area contributed by atoms with Gasteiger partial charge in [-0.3, -0.25) is 9.59 Å². The number of carbonyl (C=O) groups is 2. The van der Waals surface area contributed by atoms with E-state index < -0.39 is 0 Å². The third kappa shape index (κ3) is 3.10. The molecule has 1 N–H and O–H groups in total. The molecular formula is C15H16N2O2. The van der Waals surface area contributed by atoms with Crippen LogP contribution in [0.2, 0.25) is 0 Å². The Morgan fingerprint density at radius 1 is 1.32 bits per heavy atom. The first-order chi connectivity index (χ1) is 9.10. The summed E-state index contributed by atoms with van der Waals surface area (Å²) in [5.74, 6) is -0.147. The first-order valence-corrected chi connectivity index (χ1v) is 6.07. The fraction of sp³-hybridized carbons (Fsp3) is 0.200. The van der Waals surface area contributed by atoms with E-state index in [1.165, 1.54) is 0 Å². The van der Waals surface area contributed by atoms with Gasteiger partial charge in [0, 0.05) is 11.9 Å². The molecule has 0 aliphatic carbocycles. The molecule has 0 aliphatic rings. The molecule has 2 rings (SSSR count). The number of carbonyl (C=O) groups excluding carboxylic acids is 2. The number of aldehydes is 1. The van der Waals surface area contributed by atoms with E-state index in [2.05, 4.69) is 5.32 Å². The molecule has 0 bridgehead atoms. The van der Waals surface area contributed by atoms with Crippen molar-refractivity contribution in [1.82, 2.24) is 4.57 Å². The highest BCUT2D eigenvalue weighted by Crippen LogP contribution is 2.16. The number of anilines is 1. The maximum absolute atomic E-state index is 11.9. The van der Waals surface area contributed by atoms with E-state index >= 15 is 0 Å². The van der Waals surface area contributed by atoms with Crippen LogP contribution in [0.4, 0.5) is 5.69 Å². The van der Waals surface area contributed by atoms with Crippen molar-refractivity contribution in [2.45, 2.75) is 20.4 Å². The van der Waals surface area contributed by atoms with Gasteiger partial charge in [0.15, 0.2) is 6.29 Å². The Morgan fingerprint density at radius 2 is 2.11 bits per heavy atom. The van der Waals surface area contributed by atoms with Gasteiger partial charge in [-0.2, -0.15) is 0 Å². The molecule has 1 aromatic heterocycles. The smallest absolute Gasteiger partial charge is 0.244 e. The molecule has 1 aromatic carbocycles. The number of amides is 1. The summed E-state index contributed by atoms with van der Waals surface area (Å²) >= 11 is 0. The quantitative estimate of drug-likeness (QED) is 0.855. The van der Waals surface area contributed by atoms with Crippen molar-refractivity contribution in [3.8, 4) is 0 Å². The number of aromatic nitrogens is 1. The van der Waals surface area contributed by atoms with Gasteiger partial charge in [0.1, 0.15) is 6.54 Å². The lowest BCUT2D eigenvalue weighted by atomic mass is 10.1. The molecule has 0 saturated heterocycles. The van der Waals surface area contributed by atoms with Gasteiger partial charge >= 0.3 is 0 Å². The second kappa shape index (κ2) is 5.52. The number of nitrogens with one attached hydrogen (secondary N) is 1. The third-order valence-corrected chi connectivity index (χ3v) is 2.96. The molecule has 0 aliphatic heterocycles. The van der Waals surface area contributed by atoms with Gasteiger partial charge in [0.2, 0.25) is 5.91 Å². The Hall–Kier alpha value is -2.36. The minimum absolute atomic E-state index is 0.133. The molecular weight excluding hydrogens is 240 g/mol. The van der Waals surface area contributed by atoms with Crippen molar-refractivity contribution in [2.24, 2.45) is 0 Å². The Morgan fingerprint density at radius 3 is 2.79 bits per heavy atom. The average Bonchev–Trinajstić information content (AvgIpc) is 2.80. The van der Waals surface area contributed by atoms with E-state index in [4.69, 9.17) is 0 Å². The normalized spacial score (nSPS) is 10.2. The van der Waals surface area contributed by atoms with E-state index in [-0.39, 0.29) is 12.5 Å². The Kier molecular flexibility index (Phi) is 3.80. The van der Waals surface area contributed by atoms with E-state index in [9.17, 15) is 9.59 Å². The summed E-state index contributed by atoms with van der Waals surface area (Å²) < 4.78 is 1.62. The van der Waals surface area contributed by atoms with Crippen LogP contribution in [0.3, 0.4) is 0 Å². The standard InChI is InChI=1S/C15H16N2O2/c1-11-5-6-14(12(2)8-11)16-15(19)9-17-7-3-4-13(17)10-18/h3-8,10H,9H2,1-2H3,(H,16,19). The molecule has 0 fully saturated rings. The highest BCUT2D eigenvalue weighted by Gasteiger charge is 2.07. The fourth-order valence-electron chi connectivity index (χ4n) is 1.98. The lowest BCUT2D eigenvalue weighted by Gasteiger charge is -2.10. The molecule has 1 amide bonds. The van der Waals surface area contributed by atoms with Crippen molar-refractivity contribution in [1.29, 1.82) is 0 Å². The van der Waals surface area contributed by atoms with E-state index in [1.807, 2.05) is 32.0 Å². The van der Waals surface area contributed by atoms with Crippen molar-refractivity contribution < 1.29 is 9.59 Å². The summed E-state index contributed by atoms with van der Waals surface area (Å²) in [4.78, 5) is 22.7. The van der Waals surface area contributed by atoms with Crippen molar-refractivity contribution in [3.63, 3.8) is 0 Å². The first-order valence-electron chi connectivity index (χ1n) is 6.07. The van der Waals surface area contributed by atoms with Gasteiger partial charge in [-0.25, -0.2) is 0 Å². The number of rotatable bonds is 4. The van der Waals surface area contributed by atoms with Crippen LogP contribution in [0.15, 0.2) is 36.5 Å². The van der Waals surface area contributed by atoms with Crippen molar-refractivity contribution >= 4 is 17.9 Å². The van der Waals surface area contributed by atoms with Gasteiger partial charge < -0.3 is 9.88 Å². The molecule has 4 nitrogen and oxygen atoms in total. The molecule has 0 atom stereocenters. The molecule has 19 heavy (non-hydrogen) atoms. The van der Waals surface area contributed by atoms with Gasteiger partial charge in [-0.05, 0) is 37.6 Å². The number of aryl methyl sites for hydroxylation is 2. The number of hydrogen-bond donors (Lipinski definition) is 1. The maximum Gasteiger partial charge on any atom is 0.244 e. The van der Waals surface area contributed by atoms with Crippen LogP contribution in [0.25, 0.3) is 0 Å². The molecule has 98 valence electrons. The topological polar surface area (TPSA) is 51.1 Å². The monoisotopic (exact) mass is 256 g/mol. The van der Waals surface area contributed by atoms with Crippen LogP contribution in [0.5, 0.6) is 0 Å². The highest BCUT2D eigenvalue weighted by molar-refractivity contribution is 5.91. The number of benzene rings is 1. The lowest BCUT2D eigenvalue weighted by molar-refractivity contribution is -0.116. The zero-order valence-corrected chi connectivity index (χ0v) is 11.0. The summed E-state index contributed by atoms with van der Waals surface area (Å²) in [5, 5.41) is 2.85. The van der Waals surface area contributed by atoms with Crippen LogP contribution in [0, 0.1) is 13.8 Å². The molecule has 0 unspecified atom stereocenters. The second-order valence-electron chi connectivity index (χ2n) is 4.55. The molecule has 4 heteroatoms. The van der Waals surface area contributed by atoms with Crippen LogP contribution < -0.4 is 5.32 Å². The van der Waals surface area contributed by atoms with Crippen LogP contribution >= 0.6 is 0 Å². The van der Waals surface area contributed by atoms with Crippen molar-refractivity contribution in [2.75, 3.05) is 5.32 Å². The Balaban J connectivity index is 2.07. The largest absolute Gasteiger partial charge is 0.336 e. The van der Waals surface area contributed by atoms with Gasteiger partial charge in [-0.15, -0.1) is 0 Å². The molecule has 2 aromatic rings. The molecule has 0 spiro atoms. The summed E-state index contributed by atoms with van der Waals surface area (Å²) in [6.45, 7) is 4.10. The van der Waals surface area contributed by atoms with E-state index in [0.717, 1.165) is 23.1 Å². The second-order valence-corrected chi connectivity index (χ2v) is 4.55. The minimum atomic E-state index is -0.147. The van der Waals surface area contributed by atoms with Crippen LogP contribution in [-0.2, 0) is 11.3 Å². The van der Waals surface area contributed by atoms with Gasteiger partial charge in [0.05, 0.1) is 5.69 Å². The summed E-state index contributed by atoms with van der Waals surface area (Å²) in [5.41, 5.74) is 3.48. The minimum Gasteiger partial charge on any atom is -0.336 e. The van der Waals surface area contributed by atoms with Crippen molar-refractivity contribution in [3.05, 3.63) is 53.3 Å². The highest BCUT2D eigenvalue weighted by atomic mass is 16.2. The van der Waals surface area contributed by atoms with Crippen LogP contribution in [-0.4, -0.2) is 16.8 Å². The summed E-state index contributed by atoms with van der Waals surface area (Å²) in [7, 11) is 0. The average molecular weight is 256 g/mol. The lowest BCUT2D eigenvalue weighted by Crippen LogP contribution is -2.19. The summed E-state index contributed by atoms with van der Waals surface area (Å²) in [6.07, 6.45) is 2.45. The first kappa shape index (κ1) is 13.1. The summed E-state index contributed by atoms with van der Waals surface area (Å²) in [6, 6.07) is 9.28. The fourth-order valence-corrected chi connectivity index (χ4v) is 1.98. The SMILES string of the molecule is Cc1ccc(NC(=O)Cn2cccc2C=O)c(C)c1. The number of hydrogen-bond acceptors (Lipinski definition) is 2. The maximum atomic E-state index is 11.9. The Bertz CT molecular complexity index is 614. The number of nitrogens with zero attached hydrogens (tertiary/aromatic N) is 1. The molecule has 0 radical (unpaired) electrons. The zero-order chi connectivity index (χ0) is 13.8. The van der Waals surface area contributed by atoms with E-state index in [0.29, 0.717) is 5.69 Å². The van der Waals surface area contributed by atoms with Gasteiger partial charge in [0.25, 0.3) is 0 Å². The third-order valence-electron chi connectivity index (χ3n) is 2.96.